The molecule has 0 spiro atoms. The zero-order valence-electron chi connectivity index (χ0n) is 23.9. The lowest BCUT2D eigenvalue weighted by atomic mass is 10.1. The van der Waals surface area contributed by atoms with E-state index in [9.17, 15) is 9.59 Å². The van der Waals surface area contributed by atoms with Crippen LogP contribution in [0.15, 0.2) is 79.3 Å². The fraction of sp³-hybridized carbons (Fsp3) is 0.312. The van der Waals surface area contributed by atoms with Crippen LogP contribution in [0, 0.1) is 0 Å². The van der Waals surface area contributed by atoms with Crippen LogP contribution in [0.1, 0.15) is 41.7 Å². The Balaban J connectivity index is 1.27. The number of ether oxygens (including phenoxy) is 1. The highest BCUT2D eigenvalue weighted by atomic mass is 16.5. The molecular weight excluding hydrogens is 530 g/mol. The van der Waals surface area contributed by atoms with Crippen molar-refractivity contribution in [3.63, 3.8) is 0 Å². The first kappa shape index (κ1) is 28.8. The molecule has 5 rings (SSSR count). The summed E-state index contributed by atoms with van der Waals surface area (Å²) in [5.74, 6) is 0.485. The molecule has 10 nitrogen and oxygen atoms in total. The molecule has 0 unspecified atom stereocenters. The van der Waals surface area contributed by atoms with Crippen LogP contribution in [0.4, 0.5) is 10.5 Å². The Morgan fingerprint density at radius 2 is 1.81 bits per heavy atom. The van der Waals surface area contributed by atoms with E-state index >= 15 is 0 Å². The van der Waals surface area contributed by atoms with Gasteiger partial charge < -0.3 is 25.6 Å². The molecule has 1 aliphatic rings. The fourth-order valence-electron chi connectivity index (χ4n) is 5.00. The average Bonchev–Trinajstić information content (AvgIpc) is 3.49. The number of pyridine rings is 1. The second kappa shape index (κ2) is 14.3. The molecule has 0 bridgehead atoms. The van der Waals surface area contributed by atoms with Crippen molar-refractivity contribution >= 4 is 17.6 Å². The normalized spacial score (nSPS) is 13.4. The molecule has 0 atom stereocenters. The number of urea groups is 1. The Kier molecular flexibility index (Phi) is 9.79. The van der Waals surface area contributed by atoms with Crippen LogP contribution in [0.2, 0.25) is 0 Å². The smallest absolute Gasteiger partial charge is 0.319 e. The third-order valence-corrected chi connectivity index (χ3v) is 7.26. The predicted molar refractivity (Wildman–Crippen MR) is 163 cm³/mol. The van der Waals surface area contributed by atoms with Gasteiger partial charge in [0.2, 0.25) is 0 Å². The number of benzene rings is 2. The van der Waals surface area contributed by atoms with E-state index in [2.05, 4.69) is 30.9 Å². The average molecular weight is 568 g/mol. The molecule has 2 aromatic carbocycles. The maximum absolute atomic E-state index is 13.3. The minimum absolute atomic E-state index is 0.214. The summed E-state index contributed by atoms with van der Waals surface area (Å²) in [4.78, 5) is 32.2. The number of methoxy groups -OCH3 is 1. The zero-order chi connectivity index (χ0) is 29.1. The van der Waals surface area contributed by atoms with E-state index in [1.54, 1.807) is 36.3 Å². The summed E-state index contributed by atoms with van der Waals surface area (Å²) in [6, 6.07) is 18.3. The van der Waals surface area contributed by atoms with Crippen LogP contribution in [-0.2, 0) is 6.54 Å². The van der Waals surface area contributed by atoms with Gasteiger partial charge >= 0.3 is 6.03 Å². The van der Waals surface area contributed by atoms with Crippen molar-refractivity contribution < 1.29 is 14.3 Å². The zero-order valence-corrected chi connectivity index (χ0v) is 23.9. The number of aromatic nitrogens is 3. The highest BCUT2D eigenvalue weighted by molar-refractivity contribution is 5.99. The fourth-order valence-corrected chi connectivity index (χ4v) is 5.00. The third kappa shape index (κ3) is 7.73. The summed E-state index contributed by atoms with van der Waals surface area (Å²) < 4.78 is 7.10. The van der Waals surface area contributed by atoms with Crippen molar-refractivity contribution in [2.24, 2.45) is 0 Å². The van der Waals surface area contributed by atoms with Crippen molar-refractivity contribution in [3.8, 4) is 22.6 Å². The number of nitrogens with one attached hydrogen (secondary N) is 3. The summed E-state index contributed by atoms with van der Waals surface area (Å²) in [5, 5.41) is 13.4. The number of piperidine rings is 1. The van der Waals surface area contributed by atoms with E-state index in [0.29, 0.717) is 35.8 Å². The summed E-state index contributed by atoms with van der Waals surface area (Å²) in [7, 11) is 1.62. The summed E-state index contributed by atoms with van der Waals surface area (Å²) in [6.07, 6.45) is 9.96. The number of hydrogen-bond donors (Lipinski definition) is 3. The van der Waals surface area contributed by atoms with Gasteiger partial charge in [0.1, 0.15) is 5.75 Å². The number of amides is 3. The van der Waals surface area contributed by atoms with Crippen LogP contribution in [0.25, 0.3) is 16.8 Å². The Morgan fingerprint density at radius 1 is 0.976 bits per heavy atom. The van der Waals surface area contributed by atoms with Crippen LogP contribution >= 0.6 is 0 Å². The standard InChI is InChI=1S/C32H37N7O3/c1-42-28-10-5-9-25(20-28)29-23-39(37-30(29)31(40)34-16-7-19-38-17-3-2-4-18-38)27-13-11-26(12-14-27)36-32(41)35-22-24-8-6-15-33-21-24/h5-6,8-15,20-21,23H,2-4,7,16-19,22H2,1H3,(H,34,40)(H2,35,36,41). The van der Waals surface area contributed by atoms with Crippen LogP contribution in [0.5, 0.6) is 5.75 Å². The summed E-state index contributed by atoms with van der Waals surface area (Å²) in [5.41, 5.74) is 4.19. The lowest BCUT2D eigenvalue weighted by Gasteiger charge is -2.26. The Hall–Kier alpha value is -4.70. The highest BCUT2D eigenvalue weighted by Gasteiger charge is 2.20. The van der Waals surface area contributed by atoms with Gasteiger partial charge in [-0.1, -0.05) is 24.6 Å². The molecule has 10 heteroatoms. The van der Waals surface area contributed by atoms with Gasteiger partial charge in [0.15, 0.2) is 5.69 Å². The second-order valence-electron chi connectivity index (χ2n) is 10.3. The Morgan fingerprint density at radius 3 is 2.57 bits per heavy atom. The van der Waals surface area contributed by atoms with Crippen molar-refractivity contribution in [2.45, 2.75) is 32.2 Å². The lowest BCUT2D eigenvalue weighted by molar-refractivity contribution is 0.0946. The SMILES string of the molecule is COc1cccc(-c2cn(-c3ccc(NC(=O)NCc4cccnc4)cc3)nc2C(=O)NCCCN2CCCCC2)c1. The minimum atomic E-state index is -0.315. The van der Waals surface area contributed by atoms with Crippen molar-refractivity contribution in [1.82, 2.24) is 30.3 Å². The van der Waals surface area contributed by atoms with E-state index in [0.717, 1.165) is 42.9 Å². The van der Waals surface area contributed by atoms with Gasteiger partial charge in [0, 0.05) is 42.9 Å². The quantitative estimate of drug-likeness (QED) is 0.223. The number of nitrogens with zero attached hydrogens (tertiary/aromatic N) is 4. The molecule has 0 radical (unpaired) electrons. The molecule has 1 aliphatic heterocycles. The second-order valence-corrected chi connectivity index (χ2v) is 10.3. The van der Waals surface area contributed by atoms with Gasteiger partial charge in [0.05, 0.1) is 12.8 Å². The molecule has 3 amide bonds. The van der Waals surface area contributed by atoms with Gasteiger partial charge in [-0.2, -0.15) is 5.10 Å². The molecule has 3 heterocycles. The van der Waals surface area contributed by atoms with Crippen molar-refractivity contribution in [1.29, 1.82) is 0 Å². The third-order valence-electron chi connectivity index (χ3n) is 7.26. The number of hydrogen-bond acceptors (Lipinski definition) is 6. The van der Waals surface area contributed by atoms with Crippen LogP contribution in [-0.4, -0.2) is 64.9 Å². The molecule has 218 valence electrons. The largest absolute Gasteiger partial charge is 0.497 e. The molecule has 1 fully saturated rings. The van der Waals surface area contributed by atoms with E-state index in [1.165, 1.54) is 19.3 Å². The monoisotopic (exact) mass is 567 g/mol. The van der Waals surface area contributed by atoms with E-state index in [4.69, 9.17) is 4.74 Å². The Bertz CT molecular complexity index is 1470. The predicted octanol–water partition coefficient (Wildman–Crippen LogP) is 4.87. The first-order chi connectivity index (χ1) is 20.6. The van der Waals surface area contributed by atoms with Gasteiger partial charge in [0.25, 0.3) is 5.91 Å². The maximum Gasteiger partial charge on any atom is 0.319 e. The molecule has 3 N–H and O–H groups in total. The summed E-state index contributed by atoms with van der Waals surface area (Å²) >= 11 is 0. The topological polar surface area (TPSA) is 113 Å². The number of carbonyl (C=O) groups is 2. The maximum atomic E-state index is 13.3. The molecule has 4 aromatic rings. The van der Waals surface area contributed by atoms with E-state index in [-0.39, 0.29) is 11.9 Å². The molecule has 2 aromatic heterocycles. The van der Waals surface area contributed by atoms with Crippen LogP contribution < -0.4 is 20.7 Å². The van der Waals surface area contributed by atoms with Gasteiger partial charge in [-0.25, -0.2) is 9.48 Å². The molecule has 0 saturated carbocycles. The first-order valence-electron chi connectivity index (χ1n) is 14.4. The number of rotatable bonds is 11. The number of carbonyl (C=O) groups excluding carboxylic acids is 2. The highest BCUT2D eigenvalue weighted by Crippen LogP contribution is 2.28. The van der Waals surface area contributed by atoms with Crippen LogP contribution in [0.3, 0.4) is 0 Å². The molecule has 42 heavy (non-hydrogen) atoms. The minimum Gasteiger partial charge on any atom is -0.497 e. The van der Waals surface area contributed by atoms with Gasteiger partial charge in [-0.15, -0.1) is 0 Å². The number of likely N-dealkylation sites (tertiary alicyclic amines) is 1. The Labute approximate surface area is 246 Å². The van der Waals surface area contributed by atoms with Crippen molar-refractivity contribution in [3.05, 3.63) is 90.5 Å². The number of anilines is 1. The van der Waals surface area contributed by atoms with Crippen molar-refractivity contribution in [2.75, 3.05) is 38.6 Å². The van der Waals surface area contributed by atoms with E-state index in [1.807, 2.05) is 54.7 Å². The molecule has 1 saturated heterocycles. The molecule has 0 aliphatic carbocycles. The van der Waals surface area contributed by atoms with Gasteiger partial charge in [-0.3, -0.25) is 9.78 Å². The summed E-state index contributed by atoms with van der Waals surface area (Å²) in [6.45, 7) is 4.23. The lowest BCUT2D eigenvalue weighted by Crippen LogP contribution is -2.33. The first-order valence-corrected chi connectivity index (χ1v) is 14.4. The van der Waals surface area contributed by atoms with E-state index < -0.39 is 0 Å². The van der Waals surface area contributed by atoms with Gasteiger partial charge in [-0.05, 0) is 92.5 Å². The molecular formula is C32H37N7O3.